The number of fused-ring (bicyclic) bond motifs is 2. The average molecular weight is 524 g/mol. The number of rotatable bonds is 12. The quantitative estimate of drug-likeness (QED) is 0.256. The Kier molecular flexibility index (Phi) is 12.6. The number of cyclic esters (lactones) is 1. The zero-order valence-corrected chi connectivity index (χ0v) is 25.0. The third kappa shape index (κ3) is 8.78. The first kappa shape index (κ1) is 32.3. The van der Waals surface area contributed by atoms with Gasteiger partial charge in [0.25, 0.3) is 0 Å². The first-order chi connectivity index (χ1) is 17.3. The van der Waals surface area contributed by atoms with E-state index in [0.717, 1.165) is 32.2 Å². The Morgan fingerprint density at radius 1 is 1.22 bits per heavy atom. The molecule has 10 atom stereocenters. The van der Waals surface area contributed by atoms with Gasteiger partial charge in [0.05, 0.1) is 23.9 Å². The number of aliphatic hydroxyl groups excluding tert-OH is 2. The molecular formula is C31H57NO5. The number of carbonyl (C=O) groups excluding carboxylic acids is 1. The Hall–Kier alpha value is -0.950. The molecule has 0 saturated carbocycles. The molecule has 6 heteroatoms. The summed E-state index contributed by atoms with van der Waals surface area (Å²) in [6.45, 7) is 19.9. The fourth-order valence-corrected chi connectivity index (χ4v) is 6.97. The highest BCUT2D eigenvalue weighted by Gasteiger charge is 2.50. The van der Waals surface area contributed by atoms with Crippen molar-refractivity contribution in [2.24, 2.45) is 29.6 Å². The van der Waals surface area contributed by atoms with E-state index in [9.17, 15) is 15.0 Å². The zero-order chi connectivity index (χ0) is 27.9. The van der Waals surface area contributed by atoms with Gasteiger partial charge in [0.2, 0.25) is 0 Å². The fraction of sp³-hybridized carbons (Fsp3) is 0.903. The third-order valence-electron chi connectivity index (χ3n) is 9.12. The molecule has 2 N–H and O–H groups in total. The molecular weight excluding hydrogens is 466 g/mol. The van der Waals surface area contributed by atoms with Crippen LogP contribution in [0, 0.1) is 29.6 Å². The van der Waals surface area contributed by atoms with Crippen molar-refractivity contribution in [3.8, 4) is 0 Å². The Morgan fingerprint density at radius 2 is 1.89 bits per heavy atom. The lowest BCUT2D eigenvalue weighted by molar-refractivity contribution is -0.159. The molecule has 2 rings (SSSR count). The molecule has 2 saturated heterocycles. The van der Waals surface area contributed by atoms with E-state index in [4.69, 9.17) is 9.47 Å². The molecule has 2 aliphatic rings. The van der Waals surface area contributed by atoms with Gasteiger partial charge in [0.15, 0.2) is 0 Å². The lowest BCUT2D eigenvalue weighted by Crippen LogP contribution is -2.47. The summed E-state index contributed by atoms with van der Waals surface area (Å²) in [5.74, 6) is 1.09. The van der Waals surface area contributed by atoms with Crippen molar-refractivity contribution in [2.75, 3.05) is 13.6 Å². The van der Waals surface area contributed by atoms with Gasteiger partial charge in [-0.1, -0.05) is 54.0 Å². The van der Waals surface area contributed by atoms with E-state index in [-0.39, 0.29) is 41.5 Å². The largest absolute Gasteiger partial charge is 0.459 e. The smallest absolute Gasteiger partial charge is 0.306 e. The lowest BCUT2D eigenvalue weighted by Gasteiger charge is -2.42. The molecule has 0 spiro atoms. The van der Waals surface area contributed by atoms with Crippen LogP contribution in [0.2, 0.25) is 0 Å². The Labute approximate surface area is 227 Å². The third-order valence-corrected chi connectivity index (χ3v) is 9.12. The molecule has 2 fully saturated rings. The fourth-order valence-electron chi connectivity index (χ4n) is 6.97. The number of ether oxygens (including phenoxy) is 2. The molecule has 0 aromatic heterocycles. The summed E-state index contributed by atoms with van der Waals surface area (Å²) in [5, 5.41) is 22.3. The zero-order valence-electron chi connectivity index (χ0n) is 25.0. The average Bonchev–Trinajstić information content (AvgIpc) is 3.10. The normalized spacial score (nSPS) is 34.5. The maximum atomic E-state index is 12.8. The van der Waals surface area contributed by atoms with Crippen molar-refractivity contribution in [1.29, 1.82) is 0 Å². The molecule has 0 aliphatic carbocycles. The van der Waals surface area contributed by atoms with Crippen LogP contribution in [-0.4, -0.2) is 70.7 Å². The number of likely N-dealkylation sites (N-methyl/N-ethyl adjacent to an activating group) is 1. The van der Waals surface area contributed by atoms with Crippen LogP contribution in [0.25, 0.3) is 0 Å². The summed E-state index contributed by atoms with van der Waals surface area (Å²) >= 11 is 0. The number of carbonyl (C=O) groups is 1. The second-order valence-corrected chi connectivity index (χ2v) is 13.0. The minimum absolute atomic E-state index is 0.0604. The van der Waals surface area contributed by atoms with Crippen LogP contribution < -0.4 is 0 Å². The molecule has 0 aromatic carbocycles. The van der Waals surface area contributed by atoms with Crippen LogP contribution in [0.5, 0.6) is 0 Å². The van der Waals surface area contributed by atoms with Crippen LogP contribution >= 0.6 is 0 Å². The standard InChI is InChI=1S/C31H57NO5/c1-10-12-26(33)28-18-27-23(7)19-31(8,37-27)24(21(5)13-14-29(34)36-28)17-22(6)30(35)25(16-20(3)4)32(9)15-11-2/h11,20-28,30,33,35H,2,10,12-19H2,1,3-9H3/t21-,22-,23?,24-,25?,26+,27?,28+,30?,31+/m0/s1. The minimum Gasteiger partial charge on any atom is -0.459 e. The molecule has 2 aliphatic heterocycles. The van der Waals surface area contributed by atoms with E-state index in [1.54, 1.807) is 0 Å². The first-order valence-corrected chi connectivity index (χ1v) is 14.9. The molecule has 37 heavy (non-hydrogen) atoms. The van der Waals surface area contributed by atoms with Gasteiger partial charge >= 0.3 is 5.97 Å². The van der Waals surface area contributed by atoms with Crippen molar-refractivity contribution in [3.05, 3.63) is 12.7 Å². The summed E-state index contributed by atoms with van der Waals surface area (Å²) in [6.07, 6.45) is 5.94. The second-order valence-electron chi connectivity index (χ2n) is 13.0. The highest BCUT2D eigenvalue weighted by Crippen LogP contribution is 2.48. The predicted octanol–water partition coefficient (Wildman–Crippen LogP) is 5.60. The highest BCUT2D eigenvalue weighted by atomic mass is 16.6. The molecule has 0 aromatic rings. The summed E-state index contributed by atoms with van der Waals surface area (Å²) in [4.78, 5) is 15.0. The van der Waals surface area contributed by atoms with Crippen LogP contribution in [-0.2, 0) is 14.3 Å². The van der Waals surface area contributed by atoms with Gasteiger partial charge < -0.3 is 19.7 Å². The van der Waals surface area contributed by atoms with Crippen LogP contribution in [0.4, 0.5) is 0 Å². The molecule has 2 bridgehead atoms. The van der Waals surface area contributed by atoms with Gasteiger partial charge in [-0.2, -0.15) is 0 Å². The maximum absolute atomic E-state index is 12.8. The van der Waals surface area contributed by atoms with Gasteiger partial charge in [0.1, 0.15) is 6.10 Å². The monoisotopic (exact) mass is 523 g/mol. The van der Waals surface area contributed by atoms with Gasteiger partial charge in [-0.15, -0.1) is 6.58 Å². The van der Waals surface area contributed by atoms with Gasteiger partial charge in [0, 0.05) is 25.4 Å². The van der Waals surface area contributed by atoms with Gasteiger partial charge in [-0.05, 0) is 75.7 Å². The summed E-state index contributed by atoms with van der Waals surface area (Å²) in [7, 11) is 2.07. The van der Waals surface area contributed by atoms with E-state index in [1.807, 2.05) is 13.0 Å². The maximum Gasteiger partial charge on any atom is 0.306 e. The lowest BCUT2D eigenvalue weighted by atomic mass is 9.70. The number of hydrogen-bond acceptors (Lipinski definition) is 6. The SMILES string of the molecule is C=CCN(C)C(CC(C)C)C(O)[C@@H](C)C[C@H]1[C@@H](C)CCC(=O)O[C@@H]([C@H](O)CCC)CC2O[C@]1(C)CC2C. The Morgan fingerprint density at radius 3 is 2.49 bits per heavy atom. The summed E-state index contributed by atoms with van der Waals surface area (Å²) in [5.41, 5.74) is -0.342. The van der Waals surface area contributed by atoms with Crippen LogP contribution in [0.1, 0.15) is 99.8 Å². The summed E-state index contributed by atoms with van der Waals surface area (Å²) < 4.78 is 12.7. The number of nitrogens with zero attached hydrogens (tertiary/aromatic N) is 1. The highest BCUT2D eigenvalue weighted by molar-refractivity contribution is 5.69. The number of hydrogen-bond donors (Lipinski definition) is 2. The summed E-state index contributed by atoms with van der Waals surface area (Å²) in [6, 6.07) is 0.0609. The topological polar surface area (TPSA) is 79.2 Å². The van der Waals surface area contributed by atoms with Crippen LogP contribution in [0.3, 0.4) is 0 Å². The molecule has 6 nitrogen and oxygen atoms in total. The van der Waals surface area contributed by atoms with Crippen molar-refractivity contribution >= 4 is 5.97 Å². The van der Waals surface area contributed by atoms with Crippen LogP contribution in [0.15, 0.2) is 12.7 Å². The van der Waals surface area contributed by atoms with Crippen molar-refractivity contribution in [2.45, 2.75) is 136 Å². The second kappa shape index (κ2) is 14.4. The Bertz CT molecular complexity index is 714. The van der Waals surface area contributed by atoms with Gasteiger partial charge in [-0.25, -0.2) is 0 Å². The van der Waals surface area contributed by atoms with Gasteiger partial charge in [-0.3, -0.25) is 9.69 Å². The first-order valence-electron chi connectivity index (χ1n) is 14.9. The number of aliphatic hydroxyl groups is 2. The van der Waals surface area contributed by atoms with E-state index < -0.39 is 18.3 Å². The van der Waals surface area contributed by atoms with Crippen molar-refractivity contribution < 1.29 is 24.5 Å². The molecule has 216 valence electrons. The van der Waals surface area contributed by atoms with E-state index >= 15 is 0 Å². The minimum atomic E-state index is -0.661. The van der Waals surface area contributed by atoms with Crippen molar-refractivity contribution in [3.63, 3.8) is 0 Å². The van der Waals surface area contributed by atoms with E-state index in [1.165, 1.54) is 0 Å². The molecule has 0 amide bonds. The molecule has 4 unspecified atom stereocenters. The van der Waals surface area contributed by atoms with E-state index in [0.29, 0.717) is 37.5 Å². The Balaban J connectivity index is 2.29. The molecule has 2 heterocycles. The molecule has 0 radical (unpaired) electrons. The number of esters is 1. The van der Waals surface area contributed by atoms with Crippen molar-refractivity contribution in [1.82, 2.24) is 4.90 Å². The van der Waals surface area contributed by atoms with E-state index in [2.05, 4.69) is 60.1 Å². The predicted molar refractivity (Wildman–Crippen MR) is 150 cm³/mol.